The zero-order valence-electron chi connectivity index (χ0n) is 9.20. The van der Waals surface area contributed by atoms with E-state index in [-0.39, 0.29) is 5.97 Å². The molecule has 16 heavy (non-hydrogen) atoms. The molecule has 1 fully saturated rings. The summed E-state index contributed by atoms with van der Waals surface area (Å²) >= 11 is 5.93. The maximum Gasteiger partial charge on any atom is 0.338 e. The smallest absolute Gasteiger partial charge is 0.338 e. The largest absolute Gasteiger partial charge is 0.467 e. The van der Waals surface area contributed by atoms with Crippen molar-refractivity contribution in [3.8, 4) is 0 Å². The van der Waals surface area contributed by atoms with Crippen LogP contribution in [0.3, 0.4) is 0 Å². The Balaban J connectivity index is 2.29. The normalized spacial score (nSPS) is 27.6. The molecule has 1 aliphatic heterocycles. The summed E-state index contributed by atoms with van der Waals surface area (Å²) in [5, 5.41) is 0.643. The Labute approximate surface area is 99.3 Å². The van der Waals surface area contributed by atoms with Gasteiger partial charge in [0.1, 0.15) is 5.60 Å². The SMILES string of the molecule is CCC1(c2cccc(Cl)c2)OC1C(=O)OC. The topological polar surface area (TPSA) is 38.8 Å². The molecule has 0 aromatic heterocycles. The molecule has 2 rings (SSSR count). The summed E-state index contributed by atoms with van der Waals surface area (Å²) in [4.78, 5) is 11.4. The Hall–Kier alpha value is -1.06. The highest BCUT2D eigenvalue weighted by atomic mass is 35.5. The molecule has 3 nitrogen and oxygen atoms in total. The molecule has 1 aromatic carbocycles. The molecule has 0 bridgehead atoms. The zero-order valence-corrected chi connectivity index (χ0v) is 9.95. The maximum atomic E-state index is 11.4. The van der Waals surface area contributed by atoms with Gasteiger partial charge < -0.3 is 9.47 Å². The van der Waals surface area contributed by atoms with Crippen LogP contribution in [0.15, 0.2) is 24.3 Å². The number of methoxy groups -OCH3 is 1. The number of carbonyl (C=O) groups is 1. The summed E-state index contributed by atoms with van der Waals surface area (Å²) in [5.41, 5.74) is 0.385. The first kappa shape index (κ1) is 11.4. The number of hydrogen-bond donors (Lipinski definition) is 0. The number of hydrogen-bond acceptors (Lipinski definition) is 3. The van der Waals surface area contributed by atoms with Gasteiger partial charge in [0.15, 0.2) is 6.10 Å². The lowest BCUT2D eigenvalue weighted by Gasteiger charge is -2.10. The summed E-state index contributed by atoms with van der Waals surface area (Å²) in [7, 11) is 1.36. The van der Waals surface area contributed by atoms with Crippen molar-refractivity contribution in [1.29, 1.82) is 0 Å². The van der Waals surface area contributed by atoms with E-state index in [1.165, 1.54) is 7.11 Å². The quantitative estimate of drug-likeness (QED) is 0.602. The Morgan fingerprint density at radius 3 is 2.94 bits per heavy atom. The lowest BCUT2D eigenvalue weighted by atomic mass is 9.93. The fourth-order valence-electron chi connectivity index (χ4n) is 1.97. The van der Waals surface area contributed by atoms with E-state index in [0.717, 1.165) is 5.56 Å². The van der Waals surface area contributed by atoms with Gasteiger partial charge in [-0.2, -0.15) is 0 Å². The highest BCUT2D eigenvalue weighted by Crippen LogP contribution is 2.49. The molecule has 1 aliphatic rings. The fraction of sp³-hybridized carbons (Fsp3) is 0.417. The number of rotatable bonds is 3. The van der Waals surface area contributed by atoms with Gasteiger partial charge in [-0.3, -0.25) is 0 Å². The monoisotopic (exact) mass is 240 g/mol. The maximum absolute atomic E-state index is 11.4. The van der Waals surface area contributed by atoms with Crippen LogP contribution in [0, 0.1) is 0 Å². The van der Waals surface area contributed by atoms with Crippen LogP contribution in [0.4, 0.5) is 0 Å². The van der Waals surface area contributed by atoms with Crippen molar-refractivity contribution in [1.82, 2.24) is 0 Å². The Morgan fingerprint density at radius 1 is 1.62 bits per heavy atom. The number of esters is 1. The van der Waals surface area contributed by atoms with Crippen LogP contribution in [-0.4, -0.2) is 19.2 Å². The Morgan fingerprint density at radius 2 is 2.38 bits per heavy atom. The van der Waals surface area contributed by atoms with Crippen molar-refractivity contribution in [3.63, 3.8) is 0 Å². The van der Waals surface area contributed by atoms with Gasteiger partial charge in [0.25, 0.3) is 0 Å². The summed E-state index contributed by atoms with van der Waals surface area (Å²) in [5.74, 6) is -0.332. The van der Waals surface area contributed by atoms with Crippen LogP contribution in [0.1, 0.15) is 18.9 Å². The minimum atomic E-state index is -0.544. The van der Waals surface area contributed by atoms with Crippen molar-refractivity contribution in [2.24, 2.45) is 0 Å². The molecule has 86 valence electrons. The molecule has 1 saturated heterocycles. The van der Waals surface area contributed by atoms with E-state index in [1.807, 2.05) is 25.1 Å². The molecule has 0 N–H and O–H groups in total. The number of carbonyl (C=O) groups excluding carboxylic acids is 1. The Kier molecular flexibility index (Phi) is 2.91. The van der Waals surface area contributed by atoms with E-state index in [0.29, 0.717) is 11.4 Å². The van der Waals surface area contributed by atoms with Crippen LogP contribution in [0.5, 0.6) is 0 Å². The minimum Gasteiger partial charge on any atom is -0.467 e. The minimum absolute atomic E-state index is 0.332. The van der Waals surface area contributed by atoms with Gasteiger partial charge in [-0.1, -0.05) is 30.7 Å². The highest BCUT2D eigenvalue weighted by molar-refractivity contribution is 6.30. The first-order valence-electron chi connectivity index (χ1n) is 5.15. The summed E-state index contributed by atoms with van der Waals surface area (Å²) < 4.78 is 10.2. The van der Waals surface area contributed by atoms with Gasteiger partial charge in [0.2, 0.25) is 0 Å². The second kappa shape index (κ2) is 4.07. The standard InChI is InChI=1S/C12H13ClO3/c1-3-12(10(16-12)11(14)15-2)8-5-4-6-9(13)7-8/h4-7,10H,3H2,1-2H3. The molecule has 1 heterocycles. The number of ether oxygens (including phenoxy) is 2. The Bertz CT molecular complexity index is 418. The summed E-state index contributed by atoms with van der Waals surface area (Å²) in [6.45, 7) is 1.98. The summed E-state index contributed by atoms with van der Waals surface area (Å²) in [6.07, 6.45) is 0.216. The predicted molar refractivity (Wildman–Crippen MR) is 60.3 cm³/mol. The molecular weight excluding hydrogens is 228 g/mol. The van der Waals surface area contributed by atoms with Gasteiger partial charge in [-0.25, -0.2) is 4.79 Å². The van der Waals surface area contributed by atoms with E-state index in [1.54, 1.807) is 6.07 Å². The average molecular weight is 241 g/mol. The van der Waals surface area contributed by atoms with Crippen LogP contribution in [0.2, 0.25) is 5.02 Å². The molecule has 4 heteroatoms. The van der Waals surface area contributed by atoms with Crippen molar-refractivity contribution < 1.29 is 14.3 Å². The van der Waals surface area contributed by atoms with Crippen molar-refractivity contribution in [2.75, 3.05) is 7.11 Å². The molecular formula is C12H13ClO3. The molecule has 0 radical (unpaired) electrons. The molecule has 1 aromatic rings. The van der Waals surface area contributed by atoms with Crippen LogP contribution in [-0.2, 0) is 19.9 Å². The van der Waals surface area contributed by atoms with Crippen molar-refractivity contribution in [3.05, 3.63) is 34.9 Å². The van der Waals surface area contributed by atoms with E-state index >= 15 is 0 Å². The van der Waals surface area contributed by atoms with Crippen LogP contribution in [0.25, 0.3) is 0 Å². The number of epoxide rings is 1. The predicted octanol–water partition coefficient (Wildman–Crippen LogP) is 2.52. The molecule has 2 unspecified atom stereocenters. The fourth-order valence-corrected chi connectivity index (χ4v) is 2.16. The highest BCUT2D eigenvalue weighted by Gasteiger charge is 2.61. The molecule has 0 amide bonds. The third-order valence-electron chi connectivity index (χ3n) is 2.95. The third kappa shape index (κ3) is 1.70. The first-order chi connectivity index (χ1) is 7.64. The lowest BCUT2D eigenvalue weighted by Crippen LogP contribution is -2.19. The molecule has 0 aliphatic carbocycles. The van der Waals surface area contributed by atoms with Crippen LogP contribution >= 0.6 is 11.6 Å². The molecule has 2 atom stereocenters. The van der Waals surface area contributed by atoms with Gasteiger partial charge >= 0.3 is 5.97 Å². The van der Waals surface area contributed by atoms with E-state index in [9.17, 15) is 4.79 Å². The van der Waals surface area contributed by atoms with Gasteiger partial charge in [-0.05, 0) is 24.1 Å². The van der Waals surface area contributed by atoms with E-state index < -0.39 is 11.7 Å². The third-order valence-corrected chi connectivity index (χ3v) is 3.18. The van der Waals surface area contributed by atoms with Crippen LogP contribution < -0.4 is 0 Å². The zero-order chi connectivity index (χ0) is 11.8. The summed E-state index contributed by atoms with van der Waals surface area (Å²) in [6, 6.07) is 7.39. The second-order valence-corrected chi connectivity index (χ2v) is 4.21. The molecule has 0 saturated carbocycles. The second-order valence-electron chi connectivity index (χ2n) is 3.77. The van der Waals surface area contributed by atoms with Gasteiger partial charge in [0.05, 0.1) is 7.11 Å². The molecule has 0 spiro atoms. The lowest BCUT2D eigenvalue weighted by molar-refractivity contribution is -0.142. The number of halogens is 1. The first-order valence-corrected chi connectivity index (χ1v) is 5.53. The van der Waals surface area contributed by atoms with Crippen molar-refractivity contribution >= 4 is 17.6 Å². The van der Waals surface area contributed by atoms with E-state index in [2.05, 4.69) is 4.74 Å². The average Bonchev–Trinajstić information content (AvgIpc) is 3.04. The van der Waals surface area contributed by atoms with Gasteiger partial charge in [0, 0.05) is 5.02 Å². The van der Waals surface area contributed by atoms with Gasteiger partial charge in [-0.15, -0.1) is 0 Å². The number of benzene rings is 1. The van der Waals surface area contributed by atoms with E-state index in [4.69, 9.17) is 16.3 Å². The van der Waals surface area contributed by atoms with Crippen molar-refractivity contribution in [2.45, 2.75) is 25.0 Å².